The lowest BCUT2D eigenvalue weighted by atomic mass is 10.0. The first kappa shape index (κ1) is 12.8. The molecule has 2 aliphatic heterocycles. The van der Waals surface area contributed by atoms with Crippen molar-refractivity contribution in [2.75, 3.05) is 36.9 Å². The van der Waals surface area contributed by atoms with Gasteiger partial charge in [-0.05, 0) is 24.6 Å². The lowest BCUT2D eigenvalue weighted by Crippen LogP contribution is -2.49. The predicted octanol–water partition coefficient (Wildman–Crippen LogP) is 1.56. The van der Waals surface area contributed by atoms with E-state index < -0.39 is 5.79 Å². The fourth-order valence-electron chi connectivity index (χ4n) is 3.21. The zero-order chi connectivity index (χ0) is 14.3. The van der Waals surface area contributed by atoms with E-state index in [1.54, 1.807) is 6.33 Å². The molecule has 1 aromatic carbocycles. The molecule has 2 aromatic rings. The summed E-state index contributed by atoms with van der Waals surface area (Å²) in [5, 5.41) is 1.02. The number of rotatable bonds is 1. The summed E-state index contributed by atoms with van der Waals surface area (Å²) in [4.78, 5) is 11.0. The summed E-state index contributed by atoms with van der Waals surface area (Å²) in [5.41, 5.74) is 7.41. The maximum absolute atomic E-state index is 5.84. The molecule has 4 rings (SSSR count). The van der Waals surface area contributed by atoms with E-state index in [-0.39, 0.29) is 0 Å². The lowest BCUT2D eigenvalue weighted by molar-refractivity contribution is -0.161. The fourth-order valence-corrected chi connectivity index (χ4v) is 3.21. The molecule has 0 radical (unpaired) electrons. The number of anilines is 2. The third-order valence-electron chi connectivity index (χ3n) is 4.17. The predicted molar refractivity (Wildman–Crippen MR) is 80.0 cm³/mol. The molecule has 0 unspecified atom stereocenters. The van der Waals surface area contributed by atoms with Crippen LogP contribution in [0.1, 0.15) is 12.8 Å². The largest absolute Gasteiger partial charge is 0.399 e. The highest BCUT2D eigenvalue weighted by Crippen LogP contribution is 2.34. The first-order chi connectivity index (χ1) is 10.3. The number of ether oxygens (including phenoxy) is 2. The van der Waals surface area contributed by atoms with Gasteiger partial charge in [0.25, 0.3) is 0 Å². The molecule has 0 atom stereocenters. The molecule has 2 aliphatic rings. The maximum Gasteiger partial charge on any atom is 0.186 e. The van der Waals surface area contributed by atoms with Gasteiger partial charge in [-0.3, -0.25) is 0 Å². The van der Waals surface area contributed by atoms with E-state index in [2.05, 4.69) is 14.9 Å². The van der Waals surface area contributed by atoms with Gasteiger partial charge in [0.2, 0.25) is 0 Å². The summed E-state index contributed by atoms with van der Waals surface area (Å²) >= 11 is 0. The van der Waals surface area contributed by atoms with Crippen molar-refractivity contribution in [2.45, 2.75) is 18.6 Å². The van der Waals surface area contributed by atoms with Crippen LogP contribution in [0.15, 0.2) is 24.5 Å². The van der Waals surface area contributed by atoms with Gasteiger partial charge in [0.15, 0.2) is 5.79 Å². The Morgan fingerprint density at radius 1 is 1.19 bits per heavy atom. The SMILES string of the molecule is Nc1ccc2c(N3CCCC4(C3)OCCO4)ncnc2c1. The molecule has 2 fully saturated rings. The zero-order valence-corrected chi connectivity index (χ0v) is 11.8. The van der Waals surface area contributed by atoms with Crippen molar-refractivity contribution in [1.82, 2.24) is 9.97 Å². The maximum atomic E-state index is 5.84. The third kappa shape index (κ3) is 2.20. The Balaban J connectivity index is 1.72. The van der Waals surface area contributed by atoms with Crippen LogP contribution in [0.5, 0.6) is 0 Å². The number of nitrogens with zero attached hydrogens (tertiary/aromatic N) is 3. The first-order valence-electron chi connectivity index (χ1n) is 7.29. The minimum atomic E-state index is -0.455. The molecule has 21 heavy (non-hydrogen) atoms. The van der Waals surface area contributed by atoms with Crippen LogP contribution in [0.25, 0.3) is 10.9 Å². The summed E-state index contributed by atoms with van der Waals surface area (Å²) in [6.45, 7) is 3.01. The van der Waals surface area contributed by atoms with Crippen molar-refractivity contribution in [1.29, 1.82) is 0 Å². The summed E-state index contributed by atoms with van der Waals surface area (Å²) < 4.78 is 11.7. The number of hydrogen-bond acceptors (Lipinski definition) is 6. The average molecular weight is 286 g/mol. The molecule has 0 saturated carbocycles. The van der Waals surface area contributed by atoms with E-state index in [4.69, 9.17) is 15.2 Å². The van der Waals surface area contributed by atoms with Gasteiger partial charge >= 0.3 is 0 Å². The zero-order valence-electron chi connectivity index (χ0n) is 11.8. The highest BCUT2D eigenvalue weighted by Gasteiger charge is 2.41. The van der Waals surface area contributed by atoms with E-state index in [1.807, 2.05) is 18.2 Å². The van der Waals surface area contributed by atoms with Gasteiger partial charge in [-0.1, -0.05) is 0 Å². The van der Waals surface area contributed by atoms with Crippen molar-refractivity contribution in [3.63, 3.8) is 0 Å². The summed E-state index contributed by atoms with van der Waals surface area (Å²) in [7, 11) is 0. The second-order valence-corrected chi connectivity index (χ2v) is 5.61. The smallest absolute Gasteiger partial charge is 0.186 e. The van der Waals surface area contributed by atoms with Gasteiger partial charge in [-0.25, -0.2) is 9.97 Å². The Morgan fingerprint density at radius 3 is 2.90 bits per heavy atom. The van der Waals surface area contributed by atoms with Crippen molar-refractivity contribution >= 4 is 22.4 Å². The standard InChI is InChI=1S/C15H18N4O2/c16-11-2-3-12-13(8-11)17-10-18-14(12)19-5-1-4-15(9-19)20-6-7-21-15/h2-3,8,10H,1,4-7,9,16H2. The van der Waals surface area contributed by atoms with Crippen LogP contribution in [0.2, 0.25) is 0 Å². The first-order valence-corrected chi connectivity index (χ1v) is 7.29. The molecule has 1 spiro atoms. The fraction of sp³-hybridized carbons (Fsp3) is 0.467. The molecule has 0 aliphatic carbocycles. The molecule has 1 aromatic heterocycles. The van der Waals surface area contributed by atoms with Crippen LogP contribution in [0.3, 0.4) is 0 Å². The van der Waals surface area contributed by atoms with E-state index >= 15 is 0 Å². The van der Waals surface area contributed by atoms with Crippen molar-refractivity contribution in [3.8, 4) is 0 Å². The van der Waals surface area contributed by atoms with E-state index in [9.17, 15) is 0 Å². The van der Waals surface area contributed by atoms with E-state index in [1.165, 1.54) is 0 Å². The molecule has 6 nitrogen and oxygen atoms in total. The molecular weight excluding hydrogens is 268 g/mol. The Morgan fingerprint density at radius 2 is 2.05 bits per heavy atom. The molecule has 110 valence electrons. The van der Waals surface area contributed by atoms with Gasteiger partial charge in [-0.15, -0.1) is 0 Å². The molecule has 3 heterocycles. The van der Waals surface area contributed by atoms with Crippen LogP contribution < -0.4 is 10.6 Å². The molecule has 0 bridgehead atoms. The molecule has 6 heteroatoms. The summed E-state index contributed by atoms with van der Waals surface area (Å²) in [6, 6.07) is 5.75. The van der Waals surface area contributed by atoms with Gasteiger partial charge in [0.05, 0.1) is 25.3 Å². The molecule has 2 saturated heterocycles. The number of piperidine rings is 1. The van der Waals surface area contributed by atoms with Crippen LogP contribution in [0, 0.1) is 0 Å². The van der Waals surface area contributed by atoms with Crippen LogP contribution in [0.4, 0.5) is 11.5 Å². The number of benzene rings is 1. The second kappa shape index (κ2) is 4.82. The number of nitrogen functional groups attached to an aromatic ring is 1. The van der Waals surface area contributed by atoms with Crippen molar-refractivity contribution in [2.24, 2.45) is 0 Å². The Hall–Kier alpha value is -1.92. The second-order valence-electron chi connectivity index (χ2n) is 5.61. The van der Waals surface area contributed by atoms with Gasteiger partial charge < -0.3 is 20.1 Å². The molecular formula is C15H18N4O2. The number of nitrogens with two attached hydrogens (primary N) is 1. The lowest BCUT2D eigenvalue weighted by Gasteiger charge is -2.39. The summed E-state index contributed by atoms with van der Waals surface area (Å²) in [5.74, 6) is 0.474. The minimum Gasteiger partial charge on any atom is -0.399 e. The van der Waals surface area contributed by atoms with Crippen molar-refractivity contribution < 1.29 is 9.47 Å². The Kier molecular flexibility index (Phi) is 2.94. The van der Waals surface area contributed by atoms with E-state index in [0.29, 0.717) is 25.4 Å². The highest BCUT2D eigenvalue weighted by molar-refractivity contribution is 5.91. The molecule has 0 amide bonds. The number of hydrogen-bond donors (Lipinski definition) is 1. The molecule has 2 N–H and O–H groups in total. The monoisotopic (exact) mass is 286 g/mol. The Bertz CT molecular complexity index is 670. The van der Waals surface area contributed by atoms with Gasteiger partial charge in [0.1, 0.15) is 12.1 Å². The van der Waals surface area contributed by atoms with Crippen LogP contribution in [-0.2, 0) is 9.47 Å². The van der Waals surface area contributed by atoms with Crippen LogP contribution >= 0.6 is 0 Å². The average Bonchev–Trinajstić information content (AvgIpc) is 2.94. The number of fused-ring (bicyclic) bond motifs is 1. The van der Waals surface area contributed by atoms with E-state index in [0.717, 1.165) is 36.1 Å². The van der Waals surface area contributed by atoms with Gasteiger partial charge in [0, 0.05) is 24.0 Å². The number of aromatic nitrogens is 2. The Labute approximate surface area is 122 Å². The summed E-state index contributed by atoms with van der Waals surface area (Å²) in [6.07, 6.45) is 3.56. The topological polar surface area (TPSA) is 73.5 Å². The van der Waals surface area contributed by atoms with Gasteiger partial charge in [-0.2, -0.15) is 0 Å². The van der Waals surface area contributed by atoms with Crippen molar-refractivity contribution in [3.05, 3.63) is 24.5 Å². The quantitative estimate of drug-likeness (QED) is 0.802. The highest BCUT2D eigenvalue weighted by atomic mass is 16.7. The van der Waals surface area contributed by atoms with Crippen LogP contribution in [-0.4, -0.2) is 42.1 Å². The third-order valence-corrected chi connectivity index (χ3v) is 4.17. The minimum absolute atomic E-state index is 0.455. The normalized spacial score (nSPS) is 21.2.